The Morgan fingerprint density at radius 2 is 1.84 bits per heavy atom. The van der Waals surface area contributed by atoms with Gasteiger partial charge in [-0.15, -0.1) is 0 Å². The molecule has 1 aliphatic rings. The maximum Gasteiger partial charge on any atom is 0.321 e. The van der Waals surface area contributed by atoms with E-state index in [4.69, 9.17) is 14.1 Å². The van der Waals surface area contributed by atoms with Gasteiger partial charge in [-0.25, -0.2) is 4.98 Å². The Bertz CT molecular complexity index is 1250. The van der Waals surface area contributed by atoms with Gasteiger partial charge in [0.05, 0.1) is 23.9 Å². The molecule has 0 unspecified atom stereocenters. The van der Waals surface area contributed by atoms with Crippen LogP contribution in [-0.2, 0) is 20.7 Å². The summed E-state index contributed by atoms with van der Waals surface area (Å²) in [5.74, 6) is -0.935. The van der Waals surface area contributed by atoms with E-state index in [1.807, 2.05) is 59.2 Å². The molecule has 2 aromatic carbocycles. The molecule has 162 valence electrons. The molecule has 0 radical (unpaired) electrons. The van der Waals surface area contributed by atoms with E-state index in [-0.39, 0.29) is 12.5 Å². The predicted octanol–water partition coefficient (Wildman–Crippen LogP) is 3.99. The number of carbonyl (C=O) groups excluding carboxylic acids is 2. The number of nitrogens with zero attached hydrogens (tertiary/aromatic N) is 3. The lowest BCUT2D eigenvalue weighted by Crippen LogP contribution is -2.50. The van der Waals surface area contributed by atoms with E-state index in [9.17, 15) is 9.59 Å². The number of furan rings is 1. The molecule has 0 N–H and O–H groups in total. The fourth-order valence-electron chi connectivity index (χ4n) is 4.36. The van der Waals surface area contributed by atoms with E-state index in [1.54, 1.807) is 30.2 Å². The van der Waals surface area contributed by atoms with Crippen molar-refractivity contribution in [3.8, 4) is 0 Å². The third-order valence-electron chi connectivity index (χ3n) is 5.79. The number of esters is 1. The predicted molar refractivity (Wildman–Crippen MR) is 119 cm³/mol. The van der Waals surface area contributed by atoms with Crippen LogP contribution < -0.4 is 4.90 Å². The quantitative estimate of drug-likeness (QED) is 0.342. The maximum absolute atomic E-state index is 13.7. The Kier molecular flexibility index (Phi) is 5.23. The van der Waals surface area contributed by atoms with Gasteiger partial charge in [0.2, 0.25) is 11.9 Å². The van der Waals surface area contributed by atoms with Crippen LogP contribution in [0.25, 0.3) is 11.0 Å². The summed E-state index contributed by atoms with van der Waals surface area (Å²) in [5, 5.41) is 0. The Labute approximate surface area is 185 Å². The van der Waals surface area contributed by atoms with Gasteiger partial charge in [0, 0.05) is 6.54 Å². The Morgan fingerprint density at radius 1 is 1.06 bits per heavy atom. The maximum atomic E-state index is 13.7. The monoisotopic (exact) mass is 429 g/mol. The minimum absolute atomic E-state index is 0.190. The van der Waals surface area contributed by atoms with Crippen molar-refractivity contribution in [3.05, 3.63) is 84.3 Å². The van der Waals surface area contributed by atoms with Crippen molar-refractivity contribution in [3.63, 3.8) is 0 Å². The first-order valence-electron chi connectivity index (χ1n) is 10.7. The lowest BCUT2D eigenvalue weighted by Gasteiger charge is -2.36. The van der Waals surface area contributed by atoms with Crippen LogP contribution in [0.4, 0.5) is 5.95 Å². The van der Waals surface area contributed by atoms with Crippen LogP contribution in [0.5, 0.6) is 0 Å². The molecule has 32 heavy (non-hydrogen) atoms. The topological polar surface area (TPSA) is 77.6 Å². The fraction of sp³-hybridized carbons (Fsp3) is 0.240. The number of para-hydroxylation sites is 2. The number of hydrogen-bond donors (Lipinski definition) is 0. The Hall–Kier alpha value is -3.87. The zero-order valence-corrected chi connectivity index (χ0v) is 17.7. The molecule has 7 heteroatoms. The van der Waals surface area contributed by atoms with Crippen molar-refractivity contribution in [1.82, 2.24) is 9.55 Å². The van der Waals surface area contributed by atoms with Gasteiger partial charge in [0.15, 0.2) is 5.92 Å². The normalized spacial score (nSPS) is 18.0. The summed E-state index contributed by atoms with van der Waals surface area (Å²) in [7, 11) is 0. The van der Waals surface area contributed by atoms with Gasteiger partial charge in [-0.1, -0.05) is 42.5 Å². The summed E-state index contributed by atoms with van der Waals surface area (Å²) in [6, 6.07) is 20.5. The largest absolute Gasteiger partial charge is 0.467 e. The van der Waals surface area contributed by atoms with Crippen molar-refractivity contribution in [2.24, 2.45) is 5.92 Å². The van der Waals surface area contributed by atoms with Gasteiger partial charge in [-0.2, -0.15) is 0 Å². The van der Waals surface area contributed by atoms with E-state index in [0.717, 1.165) is 16.6 Å². The molecule has 4 aromatic rings. The van der Waals surface area contributed by atoms with Crippen LogP contribution in [0.3, 0.4) is 0 Å². The highest BCUT2D eigenvalue weighted by molar-refractivity contribution is 6.08. The Balaban J connectivity index is 1.66. The van der Waals surface area contributed by atoms with Gasteiger partial charge in [0.25, 0.3) is 0 Å². The summed E-state index contributed by atoms with van der Waals surface area (Å²) in [4.78, 5) is 33.2. The summed E-state index contributed by atoms with van der Waals surface area (Å²) in [5.41, 5.74) is 2.68. The number of fused-ring (bicyclic) bond motifs is 3. The van der Waals surface area contributed by atoms with Gasteiger partial charge in [0.1, 0.15) is 11.8 Å². The number of aromatic nitrogens is 2. The Morgan fingerprint density at radius 3 is 2.59 bits per heavy atom. The average Bonchev–Trinajstić information content (AvgIpc) is 3.47. The van der Waals surface area contributed by atoms with Crippen LogP contribution in [0, 0.1) is 5.92 Å². The summed E-state index contributed by atoms with van der Waals surface area (Å²) >= 11 is 0. The minimum atomic E-state index is -1.07. The van der Waals surface area contributed by atoms with Crippen LogP contribution in [0.1, 0.15) is 24.3 Å². The molecule has 1 aliphatic heterocycles. The number of hydrogen-bond acceptors (Lipinski definition) is 5. The van der Waals surface area contributed by atoms with E-state index in [1.165, 1.54) is 0 Å². The van der Waals surface area contributed by atoms with Gasteiger partial charge < -0.3 is 9.15 Å². The van der Waals surface area contributed by atoms with Gasteiger partial charge >= 0.3 is 5.97 Å². The zero-order chi connectivity index (χ0) is 22.1. The fourth-order valence-corrected chi connectivity index (χ4v) is 4.36. The second kappa shape index (κ2) is 8.34. The SMILES string of the molecule is CCOC(=O)[C@@H]1C(=O)N(CCc2ccccc2)c2nc3ccccc3n2[C@H]1c1ccco1. The molecule has 2 aromatic heterocycles. The molecule has 0 saturated heterocycles. The average molecular weight is 429 g/mol. The number of anilines is 1. The highest BCUT2D eigenvalue weighted by Crippen LogP contribution is 2.41. The molecule has 5 rings (SSSR count). The molecule has 1 amide bonds. The molecule has 0 bridgehead atoms. The van der Waals surface area contributed by atoms with Gasteiger partial charge in [-0.3, -0.25) is 19.1 Å². The number of ether oxygens (including phenoxy) is 1. The number of imidazole rings is 1. The molecule has 3 heterocycles. The molecule has 7 nitrogen and oxygen atoms in total. The van der Waals surface area contributed by atoms with E-state index in [2.05, 4.69) is 0 Å². The van der Waals surface area contributed by atoms with Gasteiger partial charge in [-0.05, 0) is 43.2 Å². The molecule has 0 aliphatic carbocycles. The molecule has 2 atom stereocenters. The summed E-state index contributed by atoms with van der Waals surface area (Å²) < 4.78 is 13.0. The molecule has 0 spiro atoms. The summed E-state index contributed by atoms with van der Waals surface area (Å²) in [6.07, 6.45) is 2.18. The van der Waals surface area contributed by atoms with Crippen molar-refractivity contribution in [2.75, 3.05) is 18.1 Å². The first kappa shape index (κ1) is 20.1. The number of benzene rings is 2. The van der Waals surface area contributed by atoms with E-state index in [0.29, 0.717) is 24.7 Å². The minimum Gasteiger partial charge on any atom is -0.467 e. The third-order valence-corrected chi connectivity index (χ3v) is 5.79. The second-order valence-electron chi connectivity index (χ2n) is 7.69. The second-order valence-corrected chi connectivity index (χ2v) is 7.69. The van der Waals surface area contributed by atoms with Crippen LogP contribution in [0.15, 0.2) is 77.4 Å². The number of rotatable bonds is 6. The van der Waals surface area contributed by atoms with E-state index < -0.39 is 17.9 Å². The molecular weight excluding hydrogens is 406 g/mol. The first-order valence-corrected chi connectivity index (χ1v) is 10.7. The van der Waals surface area contributed by atoms with Crippen LogP contribution in [-0.4, -0.2) is 34.6 Å². The van der Waals surface area contributed by atoms with Crippen molar-refractivity contribution in [2.45, 2.75) is 19.4 Å². The van der Waals surface area contributed by atoms with Crippen LogP contribution >= 0.6 is 0 Å². The zero-order valence-electron chi connectivity index (χ0n) is 17.7. The lowest BCUT2D eigenvalue weighted by molar-refractivity contribution is -0.153. The number of amides is 1. The number of carbonyl (C=O) groups is 2. The molecular formula is C25H23N3O4. The summed E-state index contributed by atoms with van der Waals surface area (Å²) in [6.45, 7) is 2.32. The van der Waals surface area contributed by atoms with Crippen molar-refractivity contribution < 1.29 is 18.7 Å². The molecule has 0 fully saturated rings. The van der Waals surface area contributed by atoms with E-state index >= 15 is 0 Å². The lowest BCUT2D eigenvalue weighted by atomic mass is 9.93. The highest BCUT2D eigenvalue weighted by Gasteiger charge is 2.48. The standard InChI is InChI=1S/C25H23N3O4/c1-2-31-24(30)21-22(20-13-8-16-32-20)28-19-12-7-6-11-18(19)26-25(28)27(23(21)29)15-14-17-9-4-3-5-10-17/h3-13,16,21-22H,2,14-15H2,1H3/t21-,22-/m0/s1. The van der Waals surface area contributed by atoms with Crippen LogP contribution in [0.2, 0.25) is 0 Å². The third kappa shape index (κ3) is 3.36. The highest BCUT2D eigenvalue weighted by atomic mass is 16.5. The smallest absolute Gasteiger partial charge is 0.321 e. The van der Waals surface area contributed by atoms with Crippen molar-refractivity contribution in [1.29, 1.82) is 0 Å². The van der Waals surface area contributed by atoms with Crippen molar-refractivity contribution >= 4 is 28.9 Å². The molecule has 0 saturated carbocycles. The first-order chi connectivity index (χ1) is 15.7.